The number of aromatic hydroxyl groups is 1. The highest BCUT2D eigenvalue weighted by atomic mass is 16.3. The number of primary amides is 1. The van der Waals surface area contributed by atoms with Crippen LogP contribution in [-0.4, -0.2) is 101 Å². The Labute approximate surface area is 244 Å². The lowest BCUT2D eigenvalue weighted by atomic mass is 10.0. The first kappa shape index (κ1) is 32.1. The van der Waals surface area contributed by atoms with Gasteiger partial charge in [-0.1, -0.05) is 12.1 Å². The van der Waals surface area contributed by atoms with Crippen LogP contribution >= 0.6 is 0 Å². The molecular formula is C27H41N9O6. The Hall–Kier alpha value is -4.40. The maximum atomic E-state index is 13.8. The number of benzene rings is 1. The molecule has 230 valence electrons. The van der Waals surface area contributed by atoms with Gasteiger partial charge in [0.05, 0.1) is 6.54 Å². The van der Waals surface area contributed by atoms with E-state index in [1.54, 1.807) is 12.1 Å². The Morgan fingerprint density at radius 3 is 2.05 bits per heavy atom. The summed E-state index contributed by atoms with van der Waals surface area (Å²) in [5.41, 5.74) is 22.5. The van der Waals surface area contributed by atoms with Gasteiger partial charge in [0.2, 0.25) is 29.5 Å². The van der Waals surface area contributed by atoms with E-state index in [1.165, 1.54) is 21.9 Å². The smallest absolute Gasteiger partial charge is 0.245 e. The van der Waals surface area contributed by atoms with Crippen molar-refractivity contribution in [3.63, 3.8) is 0 Å². The number of amides is 5. The fraction of sp³-hybridized carbons (Fsp3) is 0.556. The average Bonchev–Trinajstić information content (AvgIpc) is 3.65. The van der Waals surface area contributed by atoms with Gasteiger partial charge >= 0.3 is 0 Å². The highest BCUT2D eigenvalue weighted by Gasteiger charge is 2.40. The number of carbonyl (C=O) groups is 5. The van der Waals surface area contributed by atoms with Crippen molar-refractivity contribution in [2.45, 2.75) is 69.1 Å². The number of nitrogens with zero attached hydrogens (tertiary/aromatic N) is 3. The van der Waals surface area contributed by atoms with Crippen LogP contribution in [0.1, 0.15) is 44.1 Å². The molecule has 2 fully saturated rings. The number of carbonyl (C=O) groups excluding carboxylic acids is 5. The fourth-order valence-corrected chi connectivity index (χ4v) is 5.35. The van der Waals surface area contributed by atoms with E-state index in [2.05, 4.69) is 15.6 Å². The van der Waals surface area contributed by atoms with Crippen LogP contribution < -0.4 is 33.6 Å². The number of nitrogens with two attached hydrogens (primary N) is 4. The summed E-state index contributed by atoms with van der Waals surface area (Å²) in [5.74, 6) is -2.61. The maximum absolute atomic E-state index is 13.8. The topological polar surface area (TPSA) is 253 Å². The molecule has 2 heterocycles. The zero-order valence-corrected chi connectivity index (χ0v) is 23.5. The van der Waals surface area contributed by atoms with Crippen LogP contribution in [0.15, 0.2) is 29.3 Å². The van der Waals surface area contributed by atoms with Crippen molar-refractivity contribution in [3.8, 4) is 5.75 Å². The predicted molar refractivity (Wildman–Crippen MR) is 153 cm³/mol. The van der Waals surface area contributed by atoms with Gasteiger partial charge in [0.1, 0.15) is 29.9 Å². The Bertz CT molecular complexity index is 1170. The summed E-state index contributed by atoms with van der Waals surface area (Å²) in [6.07, 6.45) is 2.63. The Kier molecular flexibility index (Phi) is 11.5. The molecule has 1 aromatic carbocycles. The minimum atomic E-state index is -1.04. The summed E-state index contributed by atoms with van der Waals surface area (Å²) < 4.78 is 0. The standard InChI is InChI=1S/C27H41N9O6/c28-15-22(38)35-12-2-5-20(35)24(40)33-18(4-1-11-32-27(30)31)26(42)36-13-3-6-21(36)25(41)34-19(23(29)39)14-16-7-9-17(37)10-8-16/h7-10,18-21,37H,1-6,11-15,28H2,(H2,29,39)(H,33,40)(H,34,41)(H4,30,31,32)/t18-,19-,20-,21-/m0/s1. The van der Waals surface area contributed by atoms with Gasteiger partial charge in [-0.15, -0.1) is 0 Å². The first-order valence-electron chi connectivity index (χ1n) is 14.0. The zero-order chi connectivity index (χ0) is 30.8. The Morgan fingerprint density at radius 1 is 0.905 bits per heavy atom. The minimum absolute atomic E-state index is 0.0603. The molecule has 0 bridgehead atoms. The summed E-state index contributed by atoms with van der Waals surface area (Å²) in [6.45, 7) is 0.674. The van der Waals surface area contributed by atoms with Crippen LogP contribution in [0.2, 0.25) is 0 Å². The quantitative estimate of drug-likeness (QED) is 0.0723. The van der Waals surface area contributed by atoms with Crippen LogP contribution in [0.3, 0.4) is 0 Å². The molecule has 0 aromatic heterocycles. The molecule has 0 aliphatic carbocycles. The molecule has 11 N–H and O–H groups in total. The van der Waals surface area contributed by atoms with E-state index in [9.17, 15) is 29.1 Å². The largest absolute Gasteiger partial charge is 0.508 e. The molecule has 0 spiro atoms. The molecule has 42 heavy (non-hydrogen) atoms. The molecule has 1 aromatic rings. The van der Waals surface area contributed by atoms with Gasteiger partial charge in [-0.2, -0.15) is 0 Å². The van der Waals surface area contributed by atoms with E-state index in [0.717, 1.165) is 0 Å². The van der Waals surface area contributed by atoms with E-state index in [4.69, 9.17) is 22.9 Å². The number of hydrogen-bond donors (Lipinski definition) is 7. The summed E-state index contributed by atoms with van der Waals surface area (Å²) in [7, 11) is 0. The van der Waals surface area contributed by atoms with Gasteiger partial charge in [0.25, 0.3) is 0 Å². The normalized spacial score (nSPS) is 19.5. The number of rotatable bonds is 13. The molecule has 5 amide bonds. The number of phenols is 1. The van der Waals surface area contributed by atoms with Crippen molar-refractivity contribution in [1.82, 2.24) is 20.4 Å². The van der Waals surface area contributed by atoms with E-state index in [-0.39, 0.29) is 50.1 Å². The number of aliphatic imine (C=N–C) groups is 1. The van der Waals surface area contributed by atoms with E-state index >= 15 is 0 Å². The molecule has 2 saturated heterocycles. The second-order valence-corrected chi connectivity index (χ2v) is 10.5. The highest BCUT2D eigenvalue weighted by Crippen LogP contribution is 2.22. The van der Waals surface area contributed by atoms with E-state index in [0.29, 0.717) is 44.2 Å². The third-order valence-electron chi connectivity index (χ3n) is 7.48. The highest BCUT2D eigenvalue weighted by molar-refractivity contribution is 5.96. The van der Waals surface area contributed by atoms with Crippen LogP contribution in [0.4, 0.5) is 0 Å². The lowest BCUT2D eigenvalue weighted by Crippen LogP contribution is -2.58. The van der Waals surface area contributed by atoms with Crippen molar-refractivity contribution in [2.24, 2.45) is 27.9 Å². The van der Waals surface area contributed by atoms with Gasteiger partial charge in [-0.3, -0.25) is 29.0 Å². The van der Waals surface area contributed by atoms with Gasteiger partial charge in [-0.05, 0) is 56.2 Å². The molecule has 0 saturated carbocycles. The number of phenolic OH excluding ortho intramolecular Hbond substituents is 1. The molecule has 2 aliphatic rings. The van der Waals surface area contributed by atoms with Crippen molar-refractivity contribution in [3.05, 3.63) is 29.8 Å². The third-order valence-corrected chi connectivity index (χ3v) is 7.48. The first-order chi connectivity index (χ1) is 20.0. The monoisotopic (exact) mass is 587 g/mol. The number of likely N-dealkylation sites (tertiary alicyclic amines) is 2. The Balaban J connectivity index is 1.73. The summed E-state index contributed by atoms with van der Waals surface area (Å²) in [5, 5.41) is 15.0. The third kappa shape index (κ3) is 8.55. The second-order valence-electron chi connectivity index (χ2n) is 10.5. The lowest BCUT2D eigenvalue weighted by Gasteiger charge is -2.31. The Morgan fingerprint density at radius 2 is 1.48 bits per heavy atom. The van der Waals surface area contributed by atoms with Crippen LogP contribution in [0, 0.1) is 0 Å². The van der Waals surface area contributed by atoms with Crippen LogP contribution in [0.5, 0.6) is 5.75 Å². The molecule has 15 heteroatoms. The average molecular weight is 588 g/mol. The van der Waals surface area contributed by atoms with Crippen LogP contribution in [-0.2, 0) is 30.4 Å². The van der Waals surface area contributed by atoms with Gasteiger partial charge in [-0.25, -0.2) is 0 Å². The van der Waals surface area contributed by atoms with Gasteiger partial charge in [0.15, 0.2) is 5.96 Å². The van der Waals surface area contributed by atoms with Crippen molar-refractivity contribution in [1.29, 1.82) is 0 Å². The van der Waals surface area contributed by atoms with Crippen molar-refractivity contribution in [2.75, 3.05) is 26.2 Å². The lowest BCUT2D eigenvalue weighted by molar-refractivity contribution is -0.143. The number of hydrogen-bond acceptors (Lipinski definition) is 8. The fourth-order valence-electron chi connectivity index (χ4n) is 5.35. The van der Waals surface area contributed by atoms with Crippen LogP contribution in [0.25, 0.3) is 0 Å². The molecule has 15 nitrogen and oxygen atoms in total. The van der Waals surface area contributed by atoms with Gasteiger partial charge < -0.3 is 48.5 Å². The molecular weight excluding hydrogens is 546 g/mol. The molecule has 4 atom stereocenters. The van der Waals surface area contributed by atoms with Crippen molar-refractivity contribution < 1.29 is 29.1 Å². The van der Waals surface area contributed by atoms with E-state index in [1.807, 2.05) is 0 Å². The van der Waals surface area contributed by atoms with Gasteiger partial charge in [0, 0.05) is 26.1 Å². The number of guanidine groups is 1. The van der Waals surface area contributed by atoms with Crippen molar-refractivity contribution >= 4 is 35.5 Å². The zero-order valence-electron chi connectivity index (χ0n) is 23.5. The summed E-state index contributed by atoms with van der Waals surface area (Å²) >= 11 is 0. The SMILES string of the molecule is NCC(=O)N1CCC[C@H]1C(=O)N[C@@H](CCCN=C(N)N)C(=O)N1CCC[C@H]1C(=O)N[C@@H](Cc1ccc(O)cc1)C(N)=O. The molecule has 3 rings (SSSR count). The number of nitrogens with one attached hydrogen (secondary N) is 2. The minimum Gasteiger partial charge on any atom is -0.508 e. The predicted octanol–water partition coefficient (Wildman–Crippen LogP) is -2.62. The molecule has 0 unspecified atom stereocenters. The summed E-state index contributed by atoms with van der Waals surface area (Å²) in [6, 6.07) is 2.50. The summed E-state index contributed by atoms with van der Waals surface area (Å²) in [4.78, 5) is 71.5. The first-order valence-corrected chi connectivity index (χ1v) is 14.0. The maximum Gasteiger partial charge on any atom is 0.245 e. The van der Waals surface area contributed by atoms with E-state index < -0.39 is 47.8 Å². The molecule has 0 radical (unpaired) electrons. The second kappa shape index (κ2) is 15.0. The molecule has 2 aliphatic heterocycles.